The Morgan fingerprint density at radius 1 is 0.793 bits per heavy atom. The molecule has 8 rings (SSSR count). The molecule has 4 saturated heterocycles. The van der Waals surface area contributed by atoms with Crippen molar-refractivity contribution < 1.29 is 47.7 Å². The lowest BCUT2D eigenvalue weighted by molar-refractivity contribution is -0.141. The Morgan fingerprint density at radius 2 is 1.36 bits per heavy atom. The van der Waals surface area contributed by atoms with Gasteiger partial charge < -0.3 is 48.3 Å². The molecule has 4 aliphatic heterocycles. The number of Topliss-reactive ketones (excluding diaryl/α,β-unsaturated/α-hetero) is 1. The Bertz CT molecular complexity index is 3110. The van der Waals surface area contributed by atoms with Crippen molar-refractivity contribution >= 4 is 58.8 Å². The molecule has 0 unspecified atom stereocenters. The van der Waals surface area contributed by atoms with Crippen LogP contribution < -0.4 is 4.90 Å². The van der Waals surface area contributed by atoms with Gasteiger partial charge in [0.15, 0.2) is 11.5 Å². The molecule has 2 aromatic heterocycles. The SMILES string of the molecule is CC(C)(C)OC(=O)N1CCC(=O)CC1.CN1CCC(N(C)C(=O)c2ccc(Cc3nc4c(N5CCC(CCC#N)(c6ccc(Cl)cc6)CC5)cccn4n3)cc2)CC1.[C-]#[N+]C(C(=O)OCC)=C1CCN(C(=O)OC(C)(C)C)CC1.[C-]#[N+]CC(=O)OCC. The molecular formula is C65H86ClN11O10. The van der Waals surface area contributed by atoms with E-state index in [1.54, 1.807) is 23.6 Å². The van der Waals surface area contributed by atoms with Crippen molar-refractivity contribution in [3.05, 3.63) is 129 Å². The van der Waals surface area contributed by atoms with Crippen molar-refractivity contribution in [3.63, 3.8) is 0 Å². The number of amides is 3. The summed E-state index contributed by atoms with van der Waals surface area (Å²) >= 11 is 6.18. The molecule has 0 N–H and O–H groups in total. The second-order valence-corrected chi connectivity index (χ2v) is 24.3. The minimum absolute atomic E-state index is 0.0316. The average molecular weight is 1220 g/mol. The van der Waals surface area contributed by atoms with Gasteiger partial charge in [-0.05, 0) is 173 Å². The van der Waals surface area contributed by atoms with E-state index >= 15 is 0 Å². The standard InChI is InChI=1S/C35H40ClN7O.C15H22N2O4.C10H17NO3.C5H7NO2/c1-40-21-14-30(15-22-40)41(2)34(44)27-8-6-26(7-9-27)25-32-38-33-31(5-3-20-43(33)39-32)42-23-17-35(18-24-42,16-4-19-37)28-10-12-29(36)13-11-28;1-6-20-13(18)12(16-5)11-7-9-17(10-8-11)14(19)21-15(2,3)4;1-10(2,3)14-9(13)11-6-4-8(12)5-7-11;1-3-8-5(7)4-6-2/h3,5-13,20,30H,4,14-18,21-25H2,1-2H3;6-10H2,1-4H3;4-7H2,1-3H3;3-4H2,1H3. The number of carbonyl (C=O) groups excluding carboxylic acids is 6. The highest BCUT2D eigenvalue weighted by Gasteiger charge is 2.37. The normalized spacial score (nSPS) is 16.1. The summed E-state index contributed by atoms with van der Waals surface area (Å²) in [4.78, 5) is 90.3. The number of nitriles is 1. The smallest absolute Gasteiger partial charge is 0.410 e. The zero-order valence-electron chi connectivity index (χ0n) is 52.4. The molecule has 0 bridgehead atoms. The van der Waals surface area contributed by atoms with Crippen LogP contribution in [-0.4, -0.2) is 173 Å². The molecular weight excluding hydrogens is 1130 g/mol. The third-order valence-corrected chi connectivity index (χ3v) is 15.4. The van der Waals surface area contributed by atoms with Gasteiger partial charge in [-0.15, -0.1) is 0 Å². The van der Waals surface area contributed by atoms with Crippen LogP contribution in [0.15, 0.2) is 78.1 Å². The Morgan fingerprint density at radius 3 is 1.87 bits per heavy atom. The monoisotopic (exact) mass is 1220 g/mol. The number of esters is 2. The van der Waals surface area contributed by atoms with Crippen LogP contribution in [0.3, 0.4) is 0 Å². The van der Waals surface area contributed by atoms with E-state index in [1.165, 1.54) is 5.56 Å². The molecule has 6 heterocycles. The van der Waals surface area contributed by atoms with E-state index < -0.39 is 23.1 Å². The fourth-order valence-electron chi connectivity index (χ4n) is 10.4. The summed E-state index contributed by atoms with van der Waals surface area (Å²) in [7, 11) is 4.06. The van der Waals surface area contributed by atoms with Crippen molar-refractivity contribution in [2.24, 2.45) is 0 Å². The highest BCUT2D eigenvalue weighted by atomic mass is 35.5. The van der Waals surface area contributed by atoms with Crippen molar-refractivity contribution in [2.75, 3.05) is 91.1 Å². The van der Waals surface area contributed by atoms with Gasteiger partial charge in [-0.1, -0.05) is 41.4 Å². The molecule has 2 aromatic carbocycles. The number of hydrogen-bond acceptors (Lipinski definition) is 15. The summed E-state index contributed by atoms with van der Waals surface area (Å²) in [5, 5.41) is 14.9. The van der Waals surface area contributed by atoms with Crippen molar-refractivity contribution in [1.29, 1.82) is 5.26 Å². The molecule has 22 heteroatoms. The van der Waals surface area contributed by atoms with Crippen molar-refractivity contribution in [2.45, 2.75) is 149 Å². The van der Waals surface area contributed by atoms with Gasteiger partial charge in [-0.3, -0.25) is 14.4 Å². The Hall–Kier alpha value is -8.06. The van der Waals surface area contributed by atoms with Crippen LogP contribution in [0.1, 0.15) is 147 Å². The van der Waals surface area contributed by atoms with E-state index in [2.05, 4.69) is 55.5 Å². The first-order chi connectivity index (χ1) is 41.3. The molecule has 0 aliphatic carbocycles. The van der Waals surface area contributed by atoms with Crippen molar-refractivity contribution in [1.82, 2.24) is 34.2 Å². The molecule has 4 aliphatic rings. The molecule has 0 saturated carbocycles. The van der Waals surface area contributed by atoms with Gasteiger partial charge in [0.05, 0.1) is 31.5 Å². The first-order valence-electron chi connectivity index (χ1n) is 29.8. The highest BCUT2D eigenvalue weighted by Crippen LogP contribution is 2.41. The summed E-state index contributed by atoms with van der Waals surface area (Å²) < 4.78 is 21.7. The summed E-state index contributed by atoms with van der Waals surface area (Å²) in [6, 6.07) is 22.8. The van der Waals surface area contributed by atoms with E-state index in [-0.39, 0.29) is 48.1 Å². The number of benzene rings is 2. The fraction of sp³-hybridized carbons (Fsp3) is 0.554. The predicted octanol–water partition coefficient (Wildman–Crippen LogP) is 10.8. The lowest BCUT2D eigenvalue weighted by Crippen LogP contribution is -2.44. The van der Waals surface area contributed by atoms with Gasteiger partial charge in [0, 0.05) is 94.8 Å². The van der Waals surface area contributed by atoms with E-state index in [1.807, 2.05) is 107 Å². The van der Waals surface area contributed by atoms with Crippen LogP contribution >= 0.6 is 11.6 Å². The number of ether oxygens (including phenoxy) is 4. The van der Waals surface area contributed by atoms with Gasteiger partial charge in [0.2, 0.25) is 0 Å². The zero-order valence-corrected chi connectivity index (χ0v) is 53.1. The molecule has 4 fully saturated rings. The van der Waals surface area contributed by atoms with Crippen LogP contribution in [0.25, 0.3) is 15.3 Å². The lowest BCUT2D eigenvalue weighted by atomic mass is 9.70. The summed E-state index contributed by atoms with van der Waals surface area (Å²) in [6.07, 6.45) is 9.09. The van der Waals surface area contributed by atoms with E-state index in [4.69, 9.17) is 49.0 Å². The van der Waals surface area contributed by atoms with Crippen molar-refractivity contribution in [3.8, 4) is 6.07 Å². The van der Waals surface area contributed by atoms with Gasteiger partial charge in [-0.25, -0.2) is 35.3 Å². The topological polar surface area (TPSA) is 218 Å². The minimum atomic E-state index is -0.576. The van der Waals surface area contributed by atoms with Gasteiger partial charge in [-0.2, -0.15) is 10.4 Å². The van der Waals surface area contributed by atoms with Gasteiger partial charge >= 0.3 is 30.7 Å². The maximum Gasteiger partial charge on any atom is 0.410 e. The Balaban J connectivity index is 0.000000264. The first-order valence-corrected chi connectivity index (χ1v) is 30.2. The molecule has 468 valence electrons. The maximum atomic E-state index is 13.1. The van der Waals surface area contributed by atoms with Crippen LogP contribution in [0.2, 0.25) is 5.02 Å². The second-order valence-electron chi connectivity index (χ2n) is 23.8. The van der Waals surface area contributed by atoms with E-state index in [9.17, 15) is 34.0 Å². The number of fused-ring (bicyclic) bond motifs is 1. The number of nitrogens with zero attached hydrogens (tertiary/aromatic N) is 11. The molecule has 21 nitrogen and oxygen atoms in total. The van der Waals surface area contributed by atoms with Crippen LogP contribution in [0.5, 0.6) is 0 Å². The molecule has 87 heavy (non-hydrogen) atoms. The quantitative estimate of drug-likeness (QED) is 0.0557. The highest BCUT2D eigenvalue weighted by molar-refractivity contribution is 6.30. The Labute approximate surface area is 518 Å². The fourth-order valence-corrected chi connectivity index (χ4v) is 10.6. The number of hydrogen-bond donors (Lipinski definition) is 0. The third-order valence-electron chi connectivity index (χ3n) is 15.2. The number of piperidine rings is 4. The lowest BCUT2D eigenvalue weighted by Gasteiger charge is -2.43. The summed E-state index contributed by atoms with van der Waals surface area (Å²) in [5.74, 6) is 0.0397. The number of ketones is 1. The van der Waals surface area contributed by atoms with Crippen LogP contribution in [-0.2, 0) is 45.2 Å². The maximum absolute atomic E-state index is 13.1. The number of pyridine rings is 1. The van der Waals surface area contributed by atoms with Crippen LogP contribution in [0, 0.1) is 24.5 Å². The molecule has 0 radical (unpaired) electrons. The molecule has 3 amide bonds. The predicted molar refractivity (Wildman–Crippen MR) is 332 cm³/mol. The second kappa shape index (κ2) is 33.2. The number of carbonyl (C=O) groups is 6. The Kier molecular flexibility index (Phi) is 26.6. The number of rotatable bonds is 12. The number of halogens is 1. The zero-order chi connectivity index (χ0) is 63.9. The molecule has 0 atom stereocenters. The summed E-state index contributed by atoms with van der Waals surface area (Å²) in [6.45, 7) is 33.8. The molecule has 0 spiro atoms. The van der Waals surface area contributed by atoms with E-state index in [0.29, 0.717) is 77.4 Å². The summed E-state index contributed by atoms with van der Waals surface area (Å²) in [5.41, 5.74) is 4.78. The van der Waals surface area contributed by atoms with Gasteiger partial charge in [0.25, 0.3) is 11.6 Å². The number of aromatic nitrogens is 3. The first kappa shape index (κ1) is 69.7. The molecule has 4 aromatic rings. The van der Waals surface area contributed by atoms with Crippen LogP contribution in [0.4, 0.5) is 15.3 Å². The minimum Gasteiger partial charge on any atom is -0.471 e. The van der Waals surface area contributed by atoms with E-state index in [0.717, 1.165) is 97.2 Å². The number of anilines is 1. The largest absolute Gasteiger partial charge is 0.471 e. The third kappa shape index (κ3) is 21.7. The van der Waals surface area contributed by atoms with Gasteiger partial charge in [0.1, 0.15) is 17.0 Å². The number of likely N-dealkylation sites (tertiary alicyclic amines) is 3. The average Bonchev–Trinajstić information content (AvgIpc) is 2.39.